The molecule has 0 saturated heterocycles. The second kappa shape index (κ2) is 3.61. The normalized spacial score (nSPS) is 11.1. The van der Waals surface area contributed by atoms with Gasteiger partial charge in [0.25, 0.3) is 0 Å². The van der Waals surface area contributed by atoms with Crippen molar-refractivity contribution >= 4 is 55.8 Å². The van der Waals surface area contributed by atoms with Crippen LogP contribution in [-0.2, 0) is 0 Å². The molecule has 3 rings (SSSR count). The number of aldehydes is 1. The fourth-order valence-electron chi connectivity index (χ4n) is 1.79. The molecule has 0 aliphatic rings. The largest absolute Gasteiger partial charge is 0.298 e. The maximum atomic E-state index is 11.2. The van der Waals surface area contributed by atoms with Crippen LogP contribution in [0.25, 0.3) is 21.8 Å². The van der Waals surface area contributed by atoms with Gasteiger partial charge in [-0.1, -0.05) is 24.3 Å². The van der Waals surface area contributed by atoms with E-state index in [4.69, 9.17) is 0 Å². The molecule has 0 fully saturated rings. The van der Waals surface area contributed by atoms with E-state index in [2.05, 4.69) is 24.7 Å². The monoisotopic (exact) mass is 292 g/mol. The molecule has 16 heavy (non-hydrogen) atoms. The average molecular weight is 293 g/mol. The summed E-state index contributed by atoms with van der Waals surface area (Å²) < 4.78 is 9.27. The summed E-state index contributed by atoms with van der Waals surface area (Å²) in [5.41, 5.74) is 2.04. The number of hydrogen-bond donors (Lipinski definition) is 0. The van der Waals surface area contributed by atoms with Crippen molar-refractivity contribution in [2.45, 2.75) is 0 Å². The minimum atomic E-state index is 0.613. The number of fused-ring (bicyclic) bond motifs is 2. The van der Waals surface area contributed by atoms with E-state index in [1.54, 1.807) is 0 Å². The number of carbonyl (C=O) groups is 1. The molecule has 0 amide bonds. The summed E-state index contributed by atoms with van der Waals surface area (Å²) in [5, 5.41) is 1.90. The highest BCUT2D eigenvalue weighted by Crippen LogP contribution is 2.34. The third-order valence-corrected chi connectivity index (χ3v) is 3.85. The van der Waals surface area contributed by atoms with Crippen molar-refractivity contribution in [1.29, 1.82) is 0 Å². The summed E-state index contributed by atoms with van der Waals surface area (Å²) in [7, 11) is 0. The van der Waals surface area contributed by atoms with Crippen molar-refractivity contribution in [2.24, 2.45) is 0 Å². The van der Waals surface area contributed by atoms with Gasteiger partial charge in [-0.2, -0.15) is 8.75 Å². The molecule has 0 unspecified atom stereocenters. The summed E-state index contributed by atoms with van der Waals surface area (Å²) >= 11 is 4.63. The molecule has 3 aromatic rings. The molecule has 0 N–H and O–H groups in total. The molecule has 0 spiro atoms. The summed E-state index contributed by atoms with van der Waals surface area (Å²) in [4.78, 5) is 11.2. The molecule has 2 aromatic carbocycles. The van der Waals surface area contributed by atoms with Crippen molar-refractivity contribution in [3.8, 4) is 0 Å². The summed E-state index contributed by atoms with van der Waals surface area (Å²) in [6.07, 6.45) is 0.846. The molecule has 0 saturated carbocycles. The Morgan fingerprint density at radius 2 is 1.81 bits per heavy atom. The first-order valence-corrected chi connectivity index (χ1v) is 6.13. The lowest BCUT2D eigenvalue weighted by atomic mass is 10.0. The third kappa shape index (κ3) is 1.22. The number of carbonyl (C=O) groups excluding carboxylic acids is 1. The lowest BCUT2D eigenvalue weighted by Crippen LogP contribution is -1.88. The Hall–Kier alpha value is -1.33. The van der Waals surface area contributed by atoms with E-state index in [0.717, 1.165) is 38.8 Å². The van der Waals surface area contributed by atoms with Crippen LogP contribution in [-0.4, -0.2) is 15.0 Å². The molecule has 1 heterocycles. The lowest BCUT2D eigenvalue weighted by Gasteiger charge is -2.04. The average Bonchev–Trinajstić information content (AvgIpc) is 2.79. The van der Waals surface area contributed by atoms with Crippen molar-refractivity contribution in [1.82, 2.24) is 8.75 Å². The van der Waals surface area contributed by atoms with Gasteiger partial charge in [0, 0.05) is 0 Å². The van der Waals surface area contributed by atoms with Crippen LogP contribution in [0.5, 0.6) is 0 Å². The SMILES string of the molecule is O=Cc1c2ccccc2c(Br)c2nsnc12. The molecule has 0 aliphatic carbocycles. The standard InChI is InChI=1S/C11H5BrN2OS/c12-9-7-4-2-1-3-6(7)8(5-15)10-11(9)14-16-13-10/h1-5H. The highest BCUT2D eigenvalue weighted by atomic mass is 79.9. The zero-order chi connectivity index (χ0) is 11.1. The number of aromatic nitrogens is 2. The summed E-state index contributed by atoms with van der Waals surface area (Å²) in [6.45, 7) is 0. The van der Waals surface area contributed by atoms with E-state index >= 15 is 0 Å². The van der Waals surface area contributed by atoms with Gasteiger partial charge in [-0.05, 0) is 26.7 Å². The highest BCUT2D eigenvalue weighted by molar-refractivity contribution is 9.10. The maximum Gasteiger partial charge on any atom is 0.152 e. The van der Waals surface area contributed by atoms with Crippen molar-refractivity contribution < 1.29 is 4.79 Å². The second-order valence-corrected chi connectivity index (χ2v) is 4.67. The van der Waals surface area contributed by atoms with Gasteiger partial charge < -0.3 is 0 Å². The topological polar surface area (TPSA) is 42.9 Å². The summed E-state index contributed by atoms with van der Waals surface area (Å²) in [6, 6.07) is 7.73. The lowest BCUT2D eigenvalue weighted by molar-refractivity contribution is 0.112. The van der Waals surface area contributed by atoms with E-state index in [-0.39, 0.29) is 0 Å². The van der Waals surface area contributed by atoms with E-state index in [9.17, 15) is 4.79 Å². The van der Waals surface area contributed by atoms with Crippen LogP contribution in [0.3, 0.4) is 0 Å². The Morgan fingerprint density at radius 3 is 2.56 bits per heavy atom. The van der Waals surface area contributed by atoms with Crippen LogP contribution in [0.15, 0.2) is 28.7 Å². The smallest absolute Gasteiger partial charge is 0.152 e. The van der Waals surface area contributed by atoms with Crippen molar-refractivity contribution in [3.05, 3.63) is 34.3 Å². The molecular formula is C11H5BrN2OS. The molecule has 0 radical (unpaired) electrons. The number of nitrogens with zero attached hydrogens (tertiary/aromatic N) is 2. The Balaban J connectivity index is 2.69. The van der Waals surface area contributed by atoms with Gasteiger partial charge in [-0.25, -0.2) is 0 Å². The first-order chi connectivity index (χ1) is 7.83. The molecule has 0 bridgehead atoms. The first kappa shape index (κ1) is 9.86. The van der Waals surface area contributed by atoms with Gasteiger partial charge in [0.05, 0.1) is 21.8 Å². The molecule has 0 aliphatic heterocycles. The molecule has 0 atom stereocenters. The fourth-order valence-corrected chi connectivity index (χ4v) is 3.10. The molecular weight excluding hydrogens is 288 g/mol. The Bertz CT molecular complexity index is 708. The zero-order valence-corrected chi connectivity index (χ0v) is 10.4. The number of rotatable bonds is 1. The third-order valence-electron chi connectivity index (χ3n) is 2.52. The Kier molecular flexibility index (Phi) is 2.22. The molecule has 1 aromatic heterocycles. The van der Waals surface area contributed by atoms with Crippen LogP contribution >= 0.6 is 27.7 Å². The number of halogens is 1. The summed E-state index contributed by atoms with van der Waals surface area (Å²) in [5.74, 6) is 0. The highest BCUT2D eigenvalue weighted by Gasteiger charge is 2.14. The quantitative estimate of drug-likeness (QED) is 0.646. The van der Waals surface area contributed by atoms with Gasteiger partial charge >= 0.3 is 0 Å². The number of benzene rings is 2. The number of hydrogen-bond acceptors (Lipinski definition) is 4. The van der Waals surface area contributed by atoms with Gasteiger partial charge in [-0.15, -0.1) is 0 Å². The Morgan fingerprint density at radius 1 is 1.12 bits per heavy atom. The van der Waals surface area contributed by atoms with Crippen molar-refractivity contribution in [2.75, 3.05) is 0 Å². The fraction of sp³-hybridized carbons (Fsp3) is 0. The molecule has 5 heteroatoms. The maximum absolute atomic E-state index is 11.2. The minimum Gasteiger partial charge on any atom is -0.298 e. The van der Waals surface area contributed by atoms with Crippen LogP contribution in [0, 0.1) is 0 Å². The van der Waals surface area contributed by atoms with E-state index in [0.29, 0.717) is 11.1 Å². The van der Waals surface area contributed by atoms with E-state index in [1.165, 1.54) is 0 Å². The van der Waals surface area contributed by atoms with Gasteiger partial charge in [0.15, 0.2) is 6.29 Å². The predicted molar refractivity (Wildman–Crippen MR) is 68.0 cm³/mol. The van der Waals surface area contributed by atoms with Gasteiger partial charge in [0.1, 0.15) is 11.0 Å². The van der Waals surface area contributed by atoms with Crippen LogP contribution in [0.1, 0.15) is 10.4 Å². The molecule has 78 valence electrons. The van der Waals surface area contributed by atoms with Crippen LogP contribution in [0.2, 0.25) is 0 Å². The predicted octanol–water partition coefficient (Wildman–Crippen LogP) is 3.42. The first-order valence-electron chi connectivity index (χ1n) is 4.60. The second-order valence-electron chi connectivity index (χ2n) is 3.35. The Labute approximate surface area is 104 Å². The molecule has 3 nitrogen and oxygen atoms in total. The van der Waals surface area contributed by atoms with Crippen LogP contribution in [0.4, 0.5) is 0 Å². The van der Waals surface area contributed by atoms with Crippen molar-refractivity contribution in [3.63, 3.8) is 0 Å². The van der Waals surface area contributed by atoms with Gasteiger partial charge in [-0.3, -0.25) is 4.79 Å². The van der Waals surface area contributed by atoms with E-state index in [1.807, 2.05) is 24.3 Å². The minimum absolute atomic E-state index is 0.613. The van der Waals surface area contributed by atoms with E-state index < -0.39 is 0 Å². The van der Waals surface area contributed by atoms with Crippen LogP contribution < -0.4 is 0 Å². The van der Waals surface area contributed by atoms with Gasteiger partial charge in [0.2, 0.25) is 0 Å². The zero-order valence-electron chi connectivity index (χ0n) is 7.98.